The maximum Gasteiger partial charge on any atom is 0.254 e. The maximum atomic E-state index is 12.5. The van der Waals surface area contributed by atoms with Gasteiger partial charge >= 0.3 is 0 Å². The largest absolute Gasteiger partial charge is 0.336 e. The van der Waals surface area contributed by atoms with E-state index in [1.165, 1.54) is 5.56 Å². The SMILES string of the molecule is CCN(Cc1ccc(C(=O)N(CC)C2CC2)cc1)C(C)C. The van der Waals surface area contributed by atoms with Gasteiger partial charge in [0.2, 0.25) is 0 Å². The van der Waals surface area contributed by atoms with E-state index in [9.17, 15) is 4.79 Å². The second kappa shape index (κ2) is 7.08. The van der Waals surface area contributed by atoms with Gasteiger partial charge in [-0.05, 0) is 57.9 Å². The van der Waals surface area contributed by atoms with Gasteiger partial charge < -0.3 is 4.90 Å². The van der Waals surface area contributed by atoms with Crippen LogP contribution in [0.15, 0.2) is 24.3 Å². The van der Waals surface area contributed by atoms with Crippen molar-refractivity contribution in [2.75, 3.05) is 13.1 Å². The number of nitrogens with zero attached hydrogens (tertiary/aromatic N) is 2. The van der Waals surface area contributed by atoms with Gasteiger partial charge in [0.05, 0.1) is 0 Å². The molecule has 1 aromatic carbocycles. The summed E-state index contributed by atoms with van der Waals surface area (Å²) in [7, 11) is 0. The molecule has 116 valence electrons. The molecule has 1 amide bonds. The van der Waals surface area contributed by atoms with Gasteiger partial charge in [0.1, 0.15) is 0 Å². The van der Waals surface area contributed by atoms with Gasteiger partial charge in [-0.15, -0.1) is 0 Å². The molecular weight excluding hydrogens is 260 g/mol. The molecule has 0 bridgehead atoms. The summed E-state index contributed by atoms with van der Waals surface area (Å²) >= 11 is 0. The van der Waals surface area contributed by atoms with Crippen molar-refractivity contribution in [2.24, 2.45) is 0 Å². The van der Waals surface area contributed by atoms with Crippen LogP contribution in [0.5, 0.6) is 0 Å². The van der Waals surface area contributed by atoms with Crippen molar-refractivity contribution in [3.63, 3.8) is 0 Å². The Morgan fingerprint density at radius 2 is 1.76 bits per heavy atom. The van der Waals surface area contributed by atoms with Crippen molar-refractivity contribution in [1.29, 1.82) is 0 Å². The second-order valence-corrected chi connectivity index (χ2v) is 6.18. The van der Waals surface area contributed by atoms with Crippen LogP contribution in [-0.2, 0) is 6.54 Å². The fraction of sp³-hybridized carbons (Fsp3) is 0.611. The normalized spacial score (nSPS) is 14.8. The van der Waals surface area contributed by atoms with Gasteiger partial charge in [0, 0.05) is 30.7 Å². The third-order valence-corrected chi connectivity index (χ3v) is 4.31. The molecule has 1 aliphatic rings. The third-order valence-electron chi connectivity index (χ3n) is 4.31. The highest BCUT2D eigenvalue weighted by molar-refractivity contribution is 5.94. The van der Waals surface area contributed by atoms with Crippen LogP contribution in [0.3, 0.4) is 0 Å². The van der Waals surface area contributed by atoms with E-state index in [0.717, 1.165) is 38.0 Å². The predicted octanol–water partition coefficient (Wildman–Crippen LogP) is 3.54. The van der Waals surface area contributed by atoms with Crippen LogP contribution in [0.2, 0.25) is 0 Å². The highest BCUT2D eigenvalue weighted by Crippen LogP contribution is 2.28. The molecule has 0 N–H and O–H groups in total. The van der Waals surface area contributed by atoms with Gasteiger partial charge in [0.15, 0.2) is 0 Å². The zero-order valence-corrected chi connectivity index (χ0v) is 13.8. The van der Waals surface area contributed by atoms with E-state index in [4.69, 9.17) is 0 Å². The van der Waals surface area contributed by atoms with Gasteiger partial charge in [-0.1, -0.05) is 19.1 Å². The third kappa shape index (κ3) is 4.07. The minimum absolute atomic E-state index is 0.183. The van der Waals surface area contributed by atoms with Crippen molar-refractivity contribution < 1.29 is 4.79 Å². The van der Waals surface area contributed by atoms with Crippen molar-refractivity contribution in [3.8, 4) is 0 Å². The first kappa shape index (κ1) is 16.0. The monoisotopic (exact) mass is 288 g/mol. The standard InChI is InChI=1S/C18H28N2O/c1-5-19(14(3)4)13-15-7-9-16(10-8-15)18(21)20(6-2)17-11-12-17/h7-10,14,17H,5-6,11-13H2,1-4H3. The minimum Gasteiger partial charge on any atom is -0.336 e. The summed E-state index contributed by atoms with van der Waals surface area (Å²) in [5.74, 6) is 0.183. The Bertz CT molecular complexity index is 463. The lowest BCUT2D eigenvalue weighted by atomic mass is 10.1. The molecule has 0 heterocycles. The molecule has 1 aromatic rings. The molecule has 3 heteroatoms. The number of hydrogen-bond donors (Lipinski definition) is 0. The van der Waals surface area contributed by atoms with Crippen molar-refractivity contribution in [3.05, 3.63) is 35.4 Å². The van der Waals surface area contributed by atoms with Crippen molar-refractivity contribution in [2.45, 2.75) is 59.2 Å². The fourth-order valence-corrected chi connectivity index (χ4v) is 2.77. The Hall–Kier alpha value is -1.35. The van der Waals surface area contributed by atoms with Crippen LogP contribution in [0.4, 0.5) is 0 Å². The highest BCUT2D eigenvalue weighted by atomic mass is 16.2. The Morgan fingerprint density at radius 1 is 1.14 bits per heavy atom. The zero-order chi connectivity index (χ0) is 15.4. The summed E-state index contributed by atoms with van der Waals surface area (Å²) < 4.78 is 0. The van der Waals surface area contributed by atoms with E-state index in [1.807, 2.05) is 17.0 Å². The van der Waals surface area contributed by atoms with Gasteiger partial charge in [-0.3, -0.25) is 9.69 Å². The first-order valence-corrected chi connectivity index (χ1v) is 8.20. The first-order valence-electron chi connectivity index (χ1n) is 8.20. The average Bonchev–Trinajstić information content (AvgIpc) is 3.30. The van der Waals surface area contributed by atoms with E-state index < -0.39 is 0 Å². The quantitative estimate of drug-likeness (QED) is 0.766. The summed E-state index contributed by atoms with van der Waals surface area (Å²) in [5.41, 5.74) is 2.09. The van der Waals surface area contributed by atoms with Crippen molar-refractivity contribution in [1.82, 2.24) is 9.80 Å². The highest BCUT2D eigenvalue weighted by Gasteiger charge is 2.31. The summed E-state index contributed by atoms with van der Waals surface area (Å²) in [6.07, 6.45) is 2.33. The van der Waals surface area contributed by atoms with E-state index in [2.05, 4.69) is 44.7 Å². The number of amides is 1. The summed E-state index contributed by atoms with van der Waals surface area (Å²) in [6.45, 7) is 11.5. The zero-order valence-electron chi connectivity index (χ0n) is 13.8. The van der Waals surface area contributed by atoms with Gasteiger partial charge in [-0.25, -0.2) is 0 Å². The average molecular weight is 288 g/mol. The number of rotatable bonds is 7. The Morgan fingerprint density at radius 3 is 2.19 bits per heavy atom. The topological polar surface area (TPSA) is 23.6 Å². The Labute approximate surface area is 128 Å². The number of carbonyl (C=O) groups is 1. The lowest BCUT2D eigenvalue weighted by molar-refractivity contribution is 0.0752. The molecule has 2 rings (SSSR count). The molecule has 1 aliphatic carbocycles. The molecule has 21 heavy (non-hydrogen) atoms. The molecule has 1 fully saturated rings. The predicted molar refractivity (Wildman–Crippen MR) is 87.4 cm³/mol. The smallest absolute Gasteiger partial charge is 0.254 e. The number of hydrogen-bond acceptors (Lipinski definition) is 2. The van der Waals surface area contributed by atoms with Crippen LogP contribution in [-0.4, -0.2) is 40.9 Å². The van der Waals surface area contributed by atoms with E-state index in [0.29, 0.717) is 12.1 Å². The van der Waals surface area contributed by atoms with Gasteiger partial charge in [-0.2, -0.15) is 0 Å². The molecule has 0 aromatic heterocycles. The van der Waals surface area contributed by atoms with Crippen LogP contribution in [0.1, 0.15) is 56.5 Å². The summed E-state index contributed by atoms with van der Waals surface area (Å²) in [6, 6.07) is 9.19. The molecular formula is C18H28N2O. The molecule has 3 nitrogen and oxygen atoms in total. The van der Waals surface area contributed by atoms with Crippen molar-refractivity contribution >= 4 is 5.91 Å². The van der Waals surface area contributed by atoms with E-state index >= 15 is 0 Å². The molecule has 0 radical (unpaired) electrons. The van der Waals surface area contributed by atoms with E-state index in [1.54, 1.807) is 0 Å². The Kier molecular flexibility index (Phi) is 5.40. The summed E-state index contributed by atoms with van der Waals surface area (Å²) in [5, 5.41) is 0. The maximum absolute atomic E-state index is 12.5. The minimum atomic E-state index is 0.183. The lowest BCUT2D eigenvalue weighted by Gasteiger charge is -2.25. The second-order valence-electron chi connectivity index (χ2n) is 6.18. The summed E-state index contributed by atoms with van der Waals surface area (Å²) in [4.78, 5) is 16.9. The Balaban J connectivity index is 2.02. The molecule has 0 unspecified atom stereocenters. The molecule has 0 atom stereocenters. The number of benzene rings is 1. The van der Waals surface area contributed by atoms with Gasteiger partial charge in [0.25, 0.3) is 5.91 Å². The van der Waals surface area contributed by atoms with Crippen LogP contribution in [0.25, 0.3) is 0 Å². The van der Waals surface area contributed by atoms with Crippen LogP contribution < -0.4 is 0 Å². The molecule has 1 saturated carbocycles. The molecule has 0 aliphatic heterocycles. The molecule has 0 saturated heterocycles. The first-order chi connectivity index (χ1) is 10.1. The molecule has 0 spiro atoms. The van der Waals surface area contributed by atoms with Crippen LogP contribution in [0, 0.1) is 0 Å². The van der Waals surface area contributed by atoms with Crippen LogP contribution >= 0.6 is 0 Å². The fourth-order valence-electron chi connectivity index (χ4n) is 2.77. The number of carbonyl (C=O) groups excluding carboxylic acids is 1. The lowest BCUT2D eigenvalue weighted by Crippen LogP contribution is -2.33. The van der Waals surface area contributed by atoms with E-state index in [-0.39, 0.29) is 5.91 Å².